The predicted octanol–water partition coefficient (Wildman–Crippen LogP) is 2.09. The first-order chi connectivity index (χ1) is 12.2. The van der Waals surface area contributed by atoms with Crippen LogP contribution in [0.1, 0.15) is 31.4 Å². The third-order valence-corrected chi connectivity index (χ3v) is 5.31. The average molecular weight is 339 g/mol. The lowest BCUT2D eigenvalue weighted by molar-refractivity contribution is -0.133. The summed E-state index contributed by atoms with van der Waals surface area (Å²) in [6.07, 6.45) is 2.95. The molecule has 1 amide bonds. The van der Waals surface area contributed by atoms with Crippen LogP contribution in [-0.2, 0) is 11.3 Å². The Morgan fingerprint density at radius 3 is 2.68 bits per heavy atom. The van der Waals surface area contributed by atoms with Gasteiger partial charge in [0.15, 0.2) is 0 Å². The molecule has 5 nitrogen and oxygen atoms in total. The van der Waals surface area contributed by atoms with Gasteiger partial charge in [-0.25, -0.2) is 0 Å². The number of nitrogens with zero attached hydrogens (tertiary/aromatic N) is 2. The summed E-state index contributed by atoms with van der Waals surface area (Å²) in [7, 11) is 0. The summed E-state index contributed by atoms with van der Waals surface area (Å²) in [4.78, 5) is 19.1. The van der Waals surface area contributed by atoms with Crippen molar-refractivity contribution in [3.8, 4) is 0 Å². The maximum absolute atomic E-state index is 12.0. The summed E-state index contributed by atoms with van der Waals surface area (Å²) < 4.78 is 0. The summed E-state index contributed by atoms with van der Waals surface area (Å²) in [5, 5.41) is 14.3. The van der Waals surface area contributed by atoms with Crippen LogP contribution in [0, 0.1) is 5.92 Å². The van der Waals surface area contributed by atoms with Gasteiger partial charge in [0.25, 0.3) is 0 Å². The fourth-order valence-corrected chi connectivity index (χ4v) is 3.58. The number of piperidine rings is 1. The van der Waals surface area contributed by atoms with E-state index in [-0.39, 0.29) is 11.8 Å². The fraction of sp³-hybridized carbons (Fsp3) is 0.500. The second kappa shape index (κ2) is 7.10. The van der Waals surface area contributed by atoms with E-state index in [1.807, 2.05) is 18.2 Å². The van der Waals surface area contributed by atoms with Crippen molar-refractivity contribution >= 4 is 16.8 Å². The highest BCUT2D eigenvalue weighted by Crippen LogP contribution is 2.24. The van der Waals surface area contributed by atoms with E-state index in [1.54, 1.807) is 0 Å². The van der Waals surface area contributed by atoms with Crippen LogP contribution in [0.5, 0.6) is 0 Å². The van der Waals surface area contributed by atoms with Gasteiger partial charge in [0.05, 0.1) is 11.2 Å². The van der Waals surface area contributed by atoms with E-state index in [1.165, 1.54) is 0 Å². The number of carbonyl (C=O) groups excluding carboxylic acids is 1. The largest absolute Gasteiger partial charge is 0.383 e. The number of pyridine rings is 1. The Labute approximate surface area is 148 Å². The standard InChI is InChI=1S/C20H25N3O2/c24-19(20(25)22-16-7-8-16)15-9-11-23(12-10-15)13-17-6-5-14-3-1-2-4-18(14)21-17/h1-6,15-16,19,24H,7-13H2,(H,22,25)/t19-/m0/s1. The molecule has 4 rings (SSSR count). The van der Waals surface area contributed by atoms with Crippen molar-refractivity contribution < 1.29 is 9.90 Å². The van der Waals surface area contributed by atoms with Gasteiger partial charge in [0.2, 0.25) is 5.91 Å². The molecular formula is C20H25N3O2. The highest BCUT2D eigenvalue weighted by Gasteiger charge is 2.32. The van der Waals surface area contributed by atoms with E-state index in [9.17, 15) is 9.90 Å². The van der Waals surface area contributed by atoms with E-state index in [0.29, 0.717) is 6.04 Å². The molecule has 2 heterocycles. The van der Waals surface area contributed by atoms with Gasteiger partial charge in [0, 0.05) is 18.0 Å². The van der Waals surface area contributed by atoms with Gasteiger partial charge in [-0.3, -0.25) is 14.7 Å². The number of rotatable bonds is 5. The highest BCUT2D eigenvalue weighted by molar-refractivity contribution is 5.81. The lowest BCUT2D eigenvalue weighted by Crippen LogP contribution is -2.45. The molecule has 1 aromatic carbocycles. The molecule has 2 aromatic rings. The van der Waals surface area contributed by atoms with Gasteiger partial charge >= 0.3 is 0 Å². The number of nitrogens with one attached hydrogen (secondary N) is 1. The van der Waals surface area contributed by atoms with Gasteiger partial charge in [-0.15, -0.1) is 0 Å². The molecule has 25 heavy (non-hydrogen) atoms. The molecule has 1 aliphatic carbocycles. The number of aromatic nitrogens is 1. The molecule has 2 aliphatic rings. The molecule has 0 radical (unpaired) electrons. The zero-order valence-electron chi connectivity index (χ0n) is 14.4. The molecule has 1 aromatic heterocycles. The number of para-hydroxylation sites is 1. The van der Waals surface area contributed by atoms with Gasteiger partial charge in [0.1, 0.15) is 6.10 Å². The second-order valence-electron chi connectivity index (χ2n) is 7.34. The third kappa shape index (κ3) is 3.99. The smallest absolute Gasteiger partial charge is 0.249 e. The van der Waals surface area contributed by atoms with Crippen molar-refractivity contribution in [3.63, 3.8) is 0 Å². The second-order valence-corrected chi connectivity index (χ2v) is 7.34. The minimum atomic E-state index is -0.860. The van der Waals surface area contributed by atoms with Crippen molar-refractivity contribution in [3.05, 3.63) is 42.1 Å². The Morgan fingerprint density at radius 1 is 1.16 bits per heavy atom. The Morgan fingerprint density at radius 2 is 1.92 bits per heavy atom. The molecule has 1 atom stereocenters. The first kappa shape index (κ1) is 16.5. The number of hydrogen-bond donors (Lipinski definition) is 2. The number of aliphatic hydroxyl groups excluding tert-OH is 1. The number of aliphatic hydroxyl groups is 1. The van der Waals surface area contributed by atoms with Gasteiger partial charge < -0.3 is 10.4 Å². The van der Waals surface area contributed by atoms with E-state index < -0.39 is 6.10 Å². The molecule has 0 unspecified atom stereocenters. The van der Waals surface area contributed by atoms with Crippen LogP contribution in [0.3, 0.4) is 0 Å². The zero-order chi connectivity index (χ0) is 17.2. The van der Waals surface area contributed by atoms with Gasteiger partial charge in [-0.2, -0.15) is 0 Å². The van der Waals surface area contributed by atoms with Gasteiger partial charge in [-0.1, -0.05) is 24.3 Å². The quantitative estimate of drug-likeness (QED) is 0.875. The van der Waals surface area contributed by atoms with E-state index in [4.69, 9.17) is 4.98 Å². The van der Waals surface area contributed by atoms with E-state index >= 15 is 0 Å². The average Bonchev–Trinajstić information content (AvgIpc) is 3.45. The maximum Gasteiger partial charge on any atom is 0.249 e. The topological polar surface area (TPSA) is 65.5 Å². The fourth-order valence-electron chi connectivity index (χ4n) is 3.58. The van der Waals surface area contributed by atoms with Crippen LogP contribution in [-0.4, -0.2) is 46.1 Å². The van der Waals surface area contributed by atoms with Crippen LogP contribution >= 0.6 is 0 Å². The summed E-state index contributed by atoms with van der Waals surface area (Å²) in [5.41, 5.74) is 2.10. The SMILES string of the molecule is O=C(NC1CC1)[C@@H](O)C1CCN(Cc2ccc3ccccc3n2)CC1. The Bertz CT molecular complexity index is 751. The van der Waals surface area contributed by atoms with Crippen molar-refractivity contribution in [1.82, 2.24) is 15.2 Å². The normalized spacial score (nSPS) is 20.5. The van der Waals surface area contributed by atoms with Crippen LogP contribution in [0.25, 0.3) is 10.9 Å². The van der Waals surface area contributed by atoms with Crippen molar-refractivity contribution in [2.45, 2.75) is 44.4 Å². The van der Waals surface area contributed by atoms with Crippen molar-refractivity contribution in [1.29, 1.82) is 0 Å². The molecule has 132 valence electrons. The molecule has 0 bridgehead atoms. The zero-order valence-corrected chi connectivity index (χ0v) is 14.4. The van der Waals surface area contributed by atoms with Gasteiger partial charge in [-0.05, 0) is 56.8 Å². The molecule has 0 spiro atoms. The Hall–Kier alpha value is -1.98. The van der Waals surface area contributed by atoms with Crippen molar-refractivity contribution in [2.24, 2.45) is 5.92 Å². The molecule has 1 saturated heterocycles. The number of amides is 1. The third-order valence-electron chi connectivity index (χ3n) is 5.31. The number of hydrogen-bond acceptors (Lipinski definition) is 4. The van der Waals surface area contributed by atoms with Crippen LogP contribution < -0.4 is 5.32 Å². The Kier molecular flexibility index (Phi) is 4.68. The van der Waals surface area contributed by atoms with Crippen LogP contribution in [0.2, 0.25) is 0 Å². The molecule has 1 aliphatic heterocycles. The summed E-state index contributed by atoms with van der Waals surface area (Å²) >= 11 is 0. The monoisotopic (exact) mass is 339 g/mol. The van der Waals surface area contributed by atoms with Crippen LogP contribution in [0.4, 0.5) is 0 Å². The molecular weight excluding hydrogens is 314 g/mol. The summed E-state index contributed by atoms with van der Waals surface area (Å²) in [6.45, 7) is 2.61. The number of carbonyl (C=O) groups is 1. The lowest BCUT2D eigenvalue weighted by Gasteiger charge is -2.33. The molecule has 2 N–H and O–H groups in total. The number of likely N-dealkylation sites (tertiary alicyclic amines) is 1. The molecule has 2 fully saturated rings. The Balaban J connectivity index is 1.31. The molecule has 1 saturated carbocycles. The minimum Gasteiger partial charge on any atom is -0.383 e. The maximum atomic E-state index is 12.0. The summed E-state index contributed by atoms with van der Waals surface area (Å²) in [6, 6.07) is 12.7. The summed E-state index contributed by atoms with van der Waals surface area (Å²) in [5.74, 6) is -0.114. The van der Waals surface area contributed by atoms with Crippen LogP contribution in [0.15, 0.2) is 36.4 Å². The minimum absolute atomic E-state index is 0.0690. The first-order valence-electron chi connectivity index (χ1n) is 9.24. The van der Waals surface area contributed by atoms with E-state index in [2.05, 4.69) is 28.4 Å². The first-order valence-corrected chi connectivity index (χ1v) is 9.24. The van der Waals surface area contributed by atoms with Crippen molar-refractivity contribution in [2.75, 3.05) is 13.1 Å². The van der Waals surface area contributed by atoms with E-state index in [0.717, 1.165) is 61.9 Å². The lowest BCUT2D eigenvalue weighted by atomic mass is 9.90. The molecule has 5 heteroatoms. The number of benzene rings is 1. The predicted molar refractivity (Wildman–Crippen MR) is 96.9 cm³/mol. The number of fused-ring (bicyclic) bond motifs is 1. The highest BCUT2D eigenvalue weighted by atomic mass is 16.3.